The van der Waals surface area contributed by atoms with Crippen molar-refractivity contribution in [2.24, 2.45) is 0 Å². The van der Waals surface area contributed by atoms with Crippen molar-refractivity contribution >= 4 is 27.6 Å². The lowest BCUT2D eigenvalue weighted by molar-refractivity contribution is -0.131. The summed E-state index contributed by atoms with van der Waals surface area (Å²) in [4.78, 5) is 10.2. The van der Waals surface area contributed by atoms with Crippen molar-refractivity contribution in [2.45, 2.75) is 6.92 Å². The van der Waals surface area contributed by atoms with E-state index in [9.17, 15) is 9.18 Å². The van der Waals surface area contributed by atoms with Crippen molar-refractivity contribution in [3.63, 3.8) is 0 Å². The van der Waals surface area contributed by atoms with E-state index in [1.54, 1.807) is 13.0 Å². The van der Waals surface area contributed by atoms with Gasteiger partial charge in [0.2, 0.25) is 0 Å². The van der Waals surface area contributed by atoms with Crippen LogP contribution in [0.4, 0.5) is 10.1 Å². The summed E-state index contributed by atoms with van der Waals surface area (Å²) < 4.78 is 13.5. The minimum Gasteiger partial charge on any atom is -0.478 e. The topological polar surface area (TPSA) is 49.3 Å². The molecule has 2 N–H and O–H groups in total. The number of carboxylic acids is 1. The lowest BCUT2D eigenvalue weighted by Crippen LogP contribution is -1.95. The number of carbonyl (C=O) groups is 1. The van der Waals surface area contributed by atoms with Crippen LogP contribution in [0.25, 0.3) is 0 Å². The van der Waals surface area contributed by atoms with E-state index in [0.717, 1.165) is 11.6 Å². The molecule has 0 saturated carbocycles. The van der Waals surface area contributed by atoms with Crippen LogP contribution >= 0.6 is 15.9 Å². The van der Waals surface area contributed by atoms with Crippen molar-refractivity contribution in [2.75, 3.05) is 5.32 Å². The fraction of sp³-hybridized carbons (Fsp3) is 0.100. The number of aryl methyl sites for hydroxylation is 1. The van der Waals surface area contributed by atoms with Gasteiger partial charge in [-0.25, -0.2) is 9.18 Å². The van der Waals surface area contributed by atoms with Crippen LogP contribution in [0.5, 0.6) is 0 Å². The molecule has 0 unspecified atom stereocenters. The van der Waals surface area contributed by atoms with E-state index in [2.05, 4.69) is 21.2 Å². The van der Waals surface area contributed by atoms with E-state index in [-0.39, 0.29) is 0 Å². The molecular weight excluding hydrogens is 265 g/mol. The van der Waals surface area contributed by atoms with E-state index in [4.69, 9.17) is 5.11 Å². The average molecular weight is 274 g/mol. The third-order valence-corrected chi connectivity index (χ3v) is 2.34. The zero-order chi connectivity index (χ0) is 11.4. The molecule has 0 aliphatic carbocycles. The maximum atomic E-state index is 13.1. The van der Waals surface area contributed by atoms with Crippen LogP contribution in [0.2, 0.25) is 0 Å². The molecule has 0 aliphatic heterocycles. The van der Waals surface area contributed by atoms with E-state index < -0.39 is 11.8 Å². The summed E-state index contributed by atoms with van der Waals surface area (Å²) in [6, 6.07) is 2.91. The SMILES string of the molecule is Cc1cc(Br)c(F)cc1N/C=C/C(=O)O. The quantitative estimate of drug-likeness (QED) is 0.833. The minimum absolute atomic E-state index is 0.382. The van der Waals surface area contributed by atoms with Gasteiger partial charge in [0, 0.05) is 18.0 Å². The zero-order valence-electron chi connectivity index (χ0n) is 7.92. The molecule has 15 heavy (non-hydrogen) atoms. The number of hydrogen-bond donors (Lipinski definition) is 2. The second-order valence-corrected chi connectivity index (χ2v) is 3.75. The van der Waals surface area contributed by atoms with Crippen molar-refractivity contribution in [1.82, 2.24) is 0 Å². The second kappa shape index (κ2) is 4.93. The number of anilines is 1. The van der Waals surface area contributed by atoms with Gasteiger partial charge >= 0.3 is 5.97 Å². The first-order chi connectivity index (χ1) is 7.00. The summed E-state index contributed by atoms with van der Waals surface area (Å²) in [5.74, 6) is -1.45. The van der Waals surface area contributed by atoms with Gasteiger partial charge in [0.25, 0.3) is 0 Å². The van der Waals surface area contributed by atoms with Crippen LogP contribution in [-0.2, 0) is 4.79 Å². The minimum atomic E-state index is -1.06. The Bertz CT molecular complexity index is 418. The Labute approximate surface area is 94.7 Å². The molecule has 0 heterocycles. The molecule has 80 valence electrons. The fourth-order valence-corrected chi connectivity index (χ4v) is 1.46. The van der Waals surface area contributed by atoms with Gasteiger partial charge in [-0.2, -0.15) is 0 Å². The van der Waals surface area contributed by atoms with E-state index >= 15 is 0 Å². The van der Waals surface area contributed by atoms with Gasteiger partial charge in [-0.05, 0) is 40.5 Å². The van der Waals surface area contributed by atoms with Gasteiger partial charge in [0.05, 0.1) is 4.47 Å². The number of halogens is 2. The fourth-order valence-electron chi connectivity index (χ4n) is 1.00. The van der Waals surface area contributed by atoms with Crippen LogP contribution in [0.15, 0.2) is 28.9 Å². The maximum absolute atomic E-state index is 13.1. The van der Waals surface area contributed by atoms with Gasteiger partial charge in [-0.3, -0.25) is 0 Å². The molecule has 0 spiro atoms. The molecule has 0 bridgehead atoms. The molecule has 0 aliphatic rings. The molecule has 0 fully saturated rings. The molecular formula is C10H9BrFNO2. The molecule has 0 aromatic heterocycles. The largest absolute Gasteiger partial charge is 0.478 e. The molecule has 0 saturated heterocycles. The predicted octanol–water partition coefficient (Wildman–Crippen LogP) is 2.91. The summed E-state index contributed by atoms with van der Waals surface area (Å²) in [6.45, 7) is 1.79. The summed E-state index contributed by atoms with van der Waals surface area (Å²) in [7, 11) is 0. The molecule has 1 aromatic rings. The van der Waals surface area contributed by atoms with Crippen LogP contribution < -0.4 is 5.32 Å². The van der Waals surface area contributed by atoms with Crippen LogP contribution in [-0.4, -0.2) is 11.1 Å². The first kappa shape index (κ1) is 11.7. The Balaban J connectivity index is 2.86. The number of nitrogens with one attached hydrogen (secondary N) is 1. The second-order valence-electron chi connectivity index (χ2n) is 2.90. The van der Waals surface area contributed by atoms with Gasteiger partial charge < -0.3 is 10.4 Å². The van der Waals surface area contributed by atoms with Crippen LogP contribution in [0, 0.1) is 12.7 Å². The van der Waals surface area contributed by atoms with Gasteiger partial charge in [0.1, 0.15) is 5.82 Å². The van der Waals surface area contributed by atoms with Gasteiger partial charge in [-0.1, -0.05) is 0 Å². The number of benzene rings is 1. The standard InChI is InChI=1S/C10H9BrFNO2/c1-6-4-7(11)8(12)5-9(6)13-3-2-10(14)15/h2-5,13H,1H3,(H,14,15)/b3-2+. The number of aliphatic carboxylic acids is 1. The lowest BCUT2D eigenvalue weighted by Gasteiger charge is -2.06. The van der Waals surface area contributed by atoms with Crippen molar-refractivity contribution < 1.29 is 14.3 Å². The Kier molecular flexibility index (Phi) is 3.85. The van der Waals surface area contributed by atoms with Crippen molar-refractivity contribution in [3.8, 4) is 0 Å². The highest BCUT2D eigenvalue weighted by Crippen LogP contribution is 2.23. The monoisotopic (exact) mass is 273 g/mol. The van der Waals surface area contributed by atoms with Crippen LogP contribution in [0.1, 0.15) is 5.56 Å². The number of rotatable bonds is 3. The highest BCUT2D eigenvalue weighted by atomic mass is 79.9. The molecule has 0 atom stereocenters. The molecule has 0 amide bonds. The lowest BCUT2D eigenvalue weighted by atomic mass is 10.2. The summed E-state index contributed by atoms with van der Waals surface area (Å²) >= 11 is 3.06. The Hall–Kier alpha value is -1.36. The molecule has 0 radical (unpaired) electrons. The maximum Gasteiger partial charge on any atom is 0.329 e. The third kappa shape index (κ3) is 3.36. The first-order valence-electron chi connectivity index (χ1n) is 4.12. The third-order valence-electron chi connectivity index (χ3n) is 1.73. The van der Waals surface area contributed by atoms with E-state index in [1.165, 1.54) is 12.3 Å². The number of carboxylic acid groups (broad SMARTS) is 1. The Morgan fingerprint density at radius 3 is 2.87 bits per heavy atom. The average Bonchev–Trinajstić information content (AvgIpc) is 2.13. The highest BCUT2D eigenvalue weighted by Gasteiger charge is 2.03. The van der Waals surface area contributed by atoms with E-state index in [1.807, 2.05) is 0 Å². The Morgan fingerprint density at radius 1 is 1.60 bits per heavy atom. The summed E-state index contributed by atoms with van der Waals surface area (Å²) in [5, 5.41) is 11.0. The van der Waals surface area contributed by atoms with Crippen molar-refractivity contribution in [1.29, 1.82) is 0 Å². The predicted molar refractivity (Wildman–Crippen MR) is 59.2 cm³/mol. The molecule has 5 heteroatoms. The Morgan fingerprint density at radius 2 is 2.27 bits per heavy atom. The van der Waals surface area contributed by atoms with Gasteiger partial charge in [0.15, 0.2) is 0 Å². The zero-order valence-corrected chi connectivity index (χ0v) is 9.51. The molecule has 1 aromatic carbocycles. The highest BCUT2D eigenvalue weighted by molar-refractivity contribution is 9.10. The number of hydrogen-bond acceptors (Lipinski definition) is 2. The van der Waals surface area contributed by atoms with Crippen LogP contribution in [0.3, 0.4) is 0 Å². The smallest absolute Gasteiger partial charge is 0.329 e. The van der Waals surface area contributed by atoms with Crippen molar-refractivity contribution in [3.05, 3.63) is 40.3 Å². The van der Waals surface area contributed by atoms with Gasteiger partial charge in [-0.15, -0.1) is 0 Å². The normalized spacial score (nSPS) is 10.6. The summed E-state index contributed by atoms with van der Waals surface area (Å²) in [5.41, 5.74) is 1.35. The first-order valence-corrected chi connectivity index (χ1v) is 4.91. The summed E-state index contributed by atoms with van der Waals surface area (Å²) in [6.07, 6.45) is 2.19. The molecule has 1 rings (SSSR count). The molecule has 3 nitrogen and oxygen atoms in total. The van der Waals surface area contributed by atoms with E-state index in [0.29, 0.717) is 10.2 Å².